The number of hydrogen-bond acceptors (Lipinski definition) is 5. The van der Waals surface area contributed by atoms with E-state index in [1.165, 1.54) is 29.3 Å². The Hall–Kier alpha value is -1.73. The van der Waals surface area contributed by atoms with Crippen LogP contribution in [0.25, 0.3) is 11.4 Å². The Balaban J connectivity index is 1.90. The number of hydrogen-bond donors (Lipinski definition) is 2. The first-order valence-electron chi connectivity index (χ1n) is 8.40. The minimum absolute atomic E-state index is 0.0312. The number of carbonyl (C=O) groups is 1. The molecule has 0 aliphatic carbocycles. The highest BCUT2D eigenvalue weighted by Crippen LogP contribution is 2.27. The molecule has 25 heavy (non-hydrogen) atoms. The van der Waals surface area contributed by atoms with Gasteiger partial charge in [-0.3, -0.25) is 4.79 Å². The minimum atomic E-state index is -0.0312. The predicted octanol–water partition coefficient (Wildman–Crippen LogP) is 3.49. The van der Waals surface area contributed by atoms with E-state index in [9.17, 15) is 4.79 Å². The molecule has 2 aromatic rings. The van der Waals surface area contributed by atoms with E-state index in [2.05, 4.69) is 22.4 Å². The number of benzene rings is 1. The number of thioether (sulfide) groups is 1. The molecule has 8 heteroatoms. The number of unbranched alkanes of at least 4 members (excludes halogenated alkanes) is 2. The van der Waals surface area contributed by atoms with Crippen molar-refractivity contribution in [2.75, 3.05) is 11.6 Å². The quantitative estimate of drug-likeness (QED) is 0.394. The Morgan fingerprint density at radius 2 is 2.12 bits per heavy atom. The van der Waals surface area contributed by atoms with E-state index in [-0.39, 0.29) is 17.7 Å². The molecule has 0 saturated carbocycles. The molecule has 1 aromatic carbocycles. The summed E-state index contributed by atoms with van der Waals surface area (Å²) >= 11 is 7.43. The van der Waals surface area contributed by atoms with Crippen LogP contribution in [0.2, 0.25) is 5.02 Å². The van der Waals surface area contributed by atoms with E-state index in [1.54, 1.807) is 6.07 Å². The molecule has 0 unspecified atom stereocenters. The van der Waals surface area contributed by atoms with Gasteiger partial charge in [0.15, 0.2) is 5.82 Å². The topological polar surface area (TPSA) is 85.8 Å². The molecular weight excluding hydrogens is 358 g/mol. The zero-order valence-corrected chi connectivity index (χ0v) is 16.1. The third-order valence-electron chi connectivity index (χ3n) is 3.76. The molecule has 0 saturated heterocycles. The summed E-state index contributed by atoms with van der Waals surface area (Å²) in [5, 5.41) is 12.2. The Kier molecular flexibility index (Phi) is 7.58. The summed E-state index contributed by atoms with van der Waals surface area (Å²) in [4.78, 5) is 12.1. The second-order valence-electron chi connectivity index (χ2n) is 5.91. The van der Waals surface area contributed by atoms with Gasteiger partial charge in [-0.2, -0.15) is 0 Å². The number of nitrogens with zero attached hydrogens (tertiary/aromatic N) is 3. The maximum absolute atomic E-state index is 12.1. The van der Waals surface area contributed by atoms with Gasteiger partial charge in [0.1, 0.15) is 0 Å². The highest BCUT2D eigenvalue weighted by atomic mass is 35.5. The summed E-state index contributed by atoms with van der Waals surface area (Å²) in [5.74, 6) is 6.74. The fraction of sp³-hybridized carbons (Fsp3) is 0.471. The summed E-state index contributed by atoms with van der Waals surface area (Å²) in [5.41, 5.74) is 0.708. The normalized spacial score (nSPS) is 12.1. The first-order valence-corrected chi connectivity index (χ1v) is 9.76. The SMILES string of the molecule is CCCCC[C@@H](C)NC(=O)CSc1nnc(-c2ccccc2Cl)n1N. The number of aromatic nitrogens is 3. The van der Waals surface area contributed by atoms with Gasteiger partial charge in [-0.25, -0.2) is 4.68 Å². The van der Waals surface area contributed by atoms with Crippen molar-refractivity contribution >= 4 is 29.3 Å². The van der Waals surface area contributed by atoms with Crippen LogP contribution >= 0.6 is 23.4 Å². The van der Waals surface area contributed by atoms with E-state index in [0.717, 1.165) is 12.8 Å². The third-order valence-corrected chi connectivity index (χ3v) is 5.03. The third kappa shape index (κ3) is 5.64. The van der Waals surface area contributed by atoms with Crippen LogP contribution in [0, 0.1) is 0 Å². The van der Waals surface area contributed by atoms with Crippen LogP contribution in [0.1, 0.15) is 39.5 Å². The molecular formula is C17H24ClN5OS. The van der Waals surface area contributed by atoms with Crippen LogP contribution in [-0.2, 0) is 4.79 Å². The molecule has 1 atom stereocenters. The van der Waals surface area contributed by atoms with Crippen LogP contribution in [0.3, 0.4) is 0 Å². The van der Waals surface area contributed by atoms with Crippen molar-refractivity contribution in [3.8, 4) is 11.4 Å². The highest BCUT2D eigenvalue weighted by molar-refractivity contribution is 7.99. The van der Waals surface area contributed by atoms with Crippen LogP contribution in [0.5, 0.6) is 0 Å². The first-order chi connectivity index (χ1) is 12.0. The molecule has 0 spiro atoms. The number of nitrogens with two attached hydrogens (primary N) is 1. The van der Waals surface area contributed by atoms with Crippen molar-refractivity contribution in [2.24, 2.45) is 0 Å². The van der Waals surface area contributed by atoms with Gasteiger partial charge in [0.25, 0.3) is 0 Å². The Morgan fingerprint density at radius 3 is 2.84 bits per heavy atom. The molecule has 1 aromatic heterocycles. The van der Waals surface area contributed by atoms with Crippen molar-refractivity contribution in [3.63, 3.8) is 0 Å². The molecule has 1 heterocycles. The Labute approximate surface area is 157 Å². The van der Waals surface area contributed by atoms with Gasteiger partial charge in [0, 0.05) is 11.6 Å². The second-order valence-corrected chi connectivity index (χ2v) is 7.26. The molecule has 0 bridgehead atoms. The minimum Gasteiger partial charge on any atom is -0.353 e. The lowest BCUT2D eigenvalue weighted by atomic mass is 10.1. The van der Waals surface area contributed by atoms with Gasteiger partial charge in [0.05, 0.1) is 10.8 Å². The van der Waals surface area contributed by atoms with Crippen LogP contribution in [-0.4, -0.2) is 32.6 Å². The zero-order chi connectivity index (χ0) is 18.2. The van der Waals surface area contributed by atoms with Crippen LogP contribution in [0.15, 0.2) is 29.4 Å². The number of halogens is 1. The Morgan fingerprint density at radius 1 is 1.36 bits per heavy atom. The highest BCUT2D eigenvalue weighted by Gasteiger charge is 2.16. The molecule has 1 amide bonds. The molecule has 0 radical (unpaired) electrons. The number of carbonyl (C=O) groups excluding carboxylic acids is 1. The number of nitrogens with one attached hydrogen (secondary N) is 1. The summed E-state index contributed by atoms with van der Waals surface area (Å²) in [6.45, 7) is 4.19. The van der Waals surface area contributed by atoms with Gasteiger partial charge in [-0.05, 0) is 25.5 Å². The van der Waals surface area contributed by atoms with Crippen LogP contribution in [0.4, 0.5) is 0 Å². The molecule has 0 aliphatic heterocycles. The average molecular weight is 382 g/mol. The lowest BCUT2D eigenvalue weighted by Gasteiger charge is -2.13. The number of amides is 1. The second kappa shape index (κ2) is 9.68. The largest absolute Gasteiger partial charge is 0.353 e. The van der Waals surface area contributed by atoms with E-state index in [1.807, 2.05) is 25.1 Å². The van der Waals surface area contributed by atoms with Crippen molar-refractivity contribution in [3.05, 3.63) is 29.3 Å². The van der Waals surface area contributed by atoms with Gasteiger partial charge in [0.2, 0.25) is 11.1 Å². The van der Waals surface area contributed by atoms with Crippen molar-refractivity contribution in [1.82, 2.24) is 20.2 Å². The van der Waals surface area contributed by atoms with E-state index in [4.69, 9.17) is 17.4 Å². The van der Waals surface area contributed by atoms with Crippen molar-refractivity contribution in [2.45, 2.75) is 50.7 Å². The Bertz CT molecular complexity index is 706. The molecule has 0 aliphatic rings. The van der Waals surface area contributed by atoms with Crippen molar-refractivity contribution < 1.29 is 4.79 Å². The average Bonchev–Trinajstić information content (AvgIpc) is 2.94. The van der Waals surface area contributed by atoms with E-state index < -0.39 is 0 Å². The van der Waals surface area contributed by atoms with Crippen LogP contribution < -0.4 is 11.2 Å². The fourth-order valence-electron chi connectivity index (χ4n) is 2.42. The maximum atomic E-state index is 12.1. The predicted molar refractivity (Wildman–Crippen MR) is 103 cm³/mol. The molecule has 0 fully saturated rings. The van der Waals surface area contributed by atoms with Gasteiger partial charge in [-0.1, -0.05) is 61.7 Å². The monoisotopic (exact) mass is 381 g/mol. The molecule has 3 N–H and O–H groups in total. The van der Waals surface area contributed by atoms with E-state index in [0.29, 0.717) is 21.6 Å². The van der Waals surface area contributed by atoms with E-state index >= 15 is 0 Å². The number of nitrogen functional groups attached to an aromatic ring is 1. The summed E-state index contributed by atoms with van der Waals surface area (Å²) < 4.78 is 1.36. The standard InChI is InChI=1S/C17H24ClN5OS/c1-3-4-5-8-12(2)20-15(24)11-25-17-22-21-16(23(17)19)13-9-6-7-10-14(13)18/h6-7,9-10,12H,3-5,8,11,19H2,1-2H3,(H,20,24)/t12-/m1/s1. The van der Waals surface area contributed by atoms with Gasteiger partial charge >= 0.3 is 0 Å². The summed E-state index contributed by atoms with van der Waals surface area (Å²) in [7, 11) is 0. The smallest absolute Gasteiger partial charge is 0.230 e. The molecule has 136 valence electrons. The van der Waals surface area contributed by atoms with Crippen molar-refractivity contribution in [1.29, 1.82) is 0 Å². The lowest BCUT2D eigenvalue weighted by molar-refractivity contribution is -0.119. The number of rotatable bonds is 9. The molecule has 2 rings (SSSR count). The molecule has 6 nitrogen and oxygen atoms in total. The summed E-state index contributed by atoms with van der Waals surface area (Å²) in [6, 6.07) is 7.47. The zero-order valence-electron chi connectivity index (χ0n) is 14.5. The summed E-state index contributed by atoms with van der Waals surface area (Å²) in [6.07, 6.45) is 4.49. The first kappa shape index (κ1) is 19.6. The maximum Gasteiger partial charge on any atom is 0.230 e. The lowest BCUT2D eigenvalue weighted by Crippen LogP contribution is -2.33. The van der Waals surface area contributed by atoms with Gasteiger partial charge in [-0.15, -0.1) is 10.2 Å². The van der Waals surface area contributed by atoms with Gasteiger partial charge < -0.3 is 11.2 Å². The fourth-order valence-corrected chi connectivity index (χ4v) is 3.31.